The van der Waals surface area contributed by atoms with Crippen LogP contribution in [0.1, 0.15) is 68.9 Å². The fourth-order valence-electron chi connectivity index (χ4n) is 5.75. The Bertz CT molecular complexity index is 1690. The molecule has 1 aromatic heterocycles. The summed E-state index contributed by atoms with van der Waals surface area (Å²) in [6.45, 7) is -0.727. The van der Waals surface area contributed by atoms with Gasteiger partial charge in [0.05, 0.1) is 35.6 Å². The minimum Gasteiger partial charge on any atom is -0.490 e. The molecule has 5 rings (SSSR count). The van der Waals surface area contributed by atoms with Crippen LogP contribution in [0, 0.1) is 0 Å². The monoisotopic (exact) mass is 717 g/mol. The maximum atomic E-state index is 13.2. The van der Waals surface area contributed by atoms with E-state index in [0.717, 1.165) is 48.1 Å². The van der Waals surface area contributed by atoms with Crippen LogP contribution in [-0.2, 0) is 31.6 Å². The van der Waals surface area contributed by atoms with Gasteiger partial charge in [-0.3, -0.25) is 9.78 Å². The van der Waals surface area contributed by atoms with Crippen LogP contribution in [0.25, 0.3) is 11.1 Å². The summed E-state index contributed by atoms with van der Waals surface area (Å²) in [5, 5.41) is 48.2. The number of aliphatic hydroxyl groups excluding tert-OH is 5. The first-order valence-electron chi connectivity index (χ1n) is 16.7. The number of carbonyl (C=O) groups excluding carboxylic acids is 1. The van der Waals surface area contributed by atoms with Crippen molar-refractivity contribution in [1.82, 2.24) is 4.98 Å². The summed E-state index contributed by atoms with van der Waals surface area (Å²) in [6, 6.07) is 14.5. The molecule has 49 heavy (non-hydrogen) atoms. The molecule has 0 amide bonds. The van der Waals surface area contributed by atoms with Gasteiger partial charge in [0.1, 0.15) is 30.2 Å². The molecule has 0 saturated heterocycles. The lowest BCUT2D eigenvalue weighted by molar-refractivity contribution is -0.147. The van der Waals surface area contributed by atoms with Crippen LogP contribution in [0.15, 0.2) is 65.8 Å². The number of benzene rings is 2. The summed E-state index contributed by atoms with van der Waals surface area (Å²) in [5.74, 6) is -0.00455. The molecule has 2 saturated carbocycles. The third-order valence-electron chi connectivity index (χ3n) is 9.06. The quantitative estimate of drug-likeness (QED) is 0.107. The van der Waals surface area contributed by atoms with Gasteiger partial charge in [-0.2, -0.15) is 0 Å². The van der Waals surface area contributed by atoms with Gasteiger partial charge in [-0.15, -0.1) is 0 Å². The normalized spacial score (nSPS) is 18.0. The zero-order valence-corrected chi connectivity index (χ0v) is 28.7. The van der Waals surface area contributed by atoms with Gasteiger partial charge in [-0.05, 0) is 80.0 Å². The van der Waals surface area contributed by atoms with E-state index in [4.69, 9.17) is 26.2 Å². The number of pyridine rings is 1. The summed E-state index contributed by atoms with van der Waals surface area (Å²) < 4.78 is 39.1. The molecule has 13 heteroatoms. The van der Waals surface area contributed by atoms with Crippen molar-refractivity contribution < 1.29 is 48.2 Å². The largest absolute Gasteiger partial charge is 0.490 e. The van der Waals surface area contributed by atoms with Crippen LogP contribution in [-0.4, -0.2) is 87.6 Å². The van der Waals surface area contributed by atoms with E-state index in [-0.39, 0.29) is 29.8 Å². The Labute approximate surface area is 291 Å². The number of hydrogen-bond acceptors (Lipinski definition) is 11. The predicted molar refractivity (Wildman–Crippen MR) is 182 cm³/mol. The third kappa shape index (κ3) is 9.44. The van der Waals surface area contributed by atoms with Crippen LogP contribution < -0.4 is 4.74 Å². The second-order valence-electron chi connectivity index (χ2n) is 12.9. The average Bonchev–Trinajstić information content (AvgIpc) is 4.05. The number of unbranched alkanes of at least 4 members (excludes halogenated alkanes) is 3. The number of carbonyl (C=O) groups is 1. The molecule has 2 aliphatic rings. The van der Waals surface area contributed by atoms with Crippen molar-refractivity contribution in [3.8, 4) is 16.9 Å². The minimum atomic E-state index is -3.64. The van der Waals surface area contributed by atoms with Gasteiger partial charge in [0.25, 0.3) is 0 Å². The van der Waals surface area contributed by atoms with Crippen molar-refractivity contribution in [2.24, 2.45) is 0 Å². The second-order valence-corrected chi connectivity index (χ2v) is 15.4. The first kappa shape index (κ1) is 37.3. The smallest absolute Gasteiger partial charge is 0.178 e. The Morgan fingerprint density at radius 1 is 0.959 bits per heavy atom. The first-order valence-corrected chi connectivity index (χ1v) is 18.7. The van der Waals surface area contributed by atoms with Crippen LogP contribution in [0.5, 0.6) is 5.75 Å². The van der Waals surface area contributed by atoms with Gasteiger partial charge in [-0.25, -0.2) is 8.42 Å². The van der Waals surface area contributed by atoms with Crippen LogP contribution in [0.3, 0.4) is 0 Å². The van der Waals surface area contributed by atoms with Crippen LogP contribution in [0.4, 0.5) is 0 Å². The van der Waals surface area contributed by atoms with Gasteiger partial charge < -0.3 is 35.0 Å². The third-order valence-corrected chi connectivity index (χ3v) is 11.2. The standard InChI is InChI=1S/C36H44ClNO10S/c37-29-13-12-25(49(45,46)18-6-2-1-3-8-30(40)33(42)35(44)34(43)31(41)21-39)19-23(29)22-47-36(15-16-36)28-20-38-17-14-26(28)27-7-4-5-9-32(27)48-24-10-11-24/h4-5,7,9,12-14,17,19-20,24,31,33-35,39,41-44H,1-3,6,8,10-11,15-16,18,21-22H2/t31-,33+,34+,35+/m0/s1. The van der Waals surface area contributed by atoms with Crippen molar-refractivity contribution in [2.45, 2.75) is 105 Å². The summed E-state index contributed by atoms with van der Waals surface area (Å²) in [4.78, 5) is 16.7. The number of nitrogens with zero attached hydrogens (tertiary/aromatic N) is 1. The summed E-state index contributed by atoms with van der Waals surface area (Å²) >= 11 is 6.51. The Morgan fingerprint density at radius 2 is 1.69 bits per heavy atom. The van der Waals surface area contributed by atoms with E-state index >= 15 is 0 Å². The fraction of sp³-hybridized carbons (Fsp3) is 0.500. The second kappa shape index (κ2) is 16.4. The molecule has 0 unspecified atom stereocenters. The molecule has 3 aromatic rings. The van der Waals surface area contributed by atoms with Crippen molar-refractivity contribution in [3.63, 3.8) is 0 Å². The molecule has 0 spiro atoms. The highest BCUT2D eigenvalue weighted by Crippen LogP contribution is 2.53. The van der Waals surface area contributed by atoms with E-state index in [9.17, 15) is 33.6 Å². The van der Waals surface area contributed by atoms with E-state index in [1.54, 1.807) is 18.3 Å². The molecular weight excluding hydrogens is 674 g/mol. The Balaban J connectivity index is 1.14. The number of ketones is 1. The number of sulfone groups is 1. The lowest BCUT2D eigenvalue weighted by Gasteiger charge is -2.24. The number of aromatic nitrogens is 1. The lowest BCUT2D eigenvalue weighted by atomic mass is 9.96. The molecule has 0 radical (unpaired) electrons. The number of hydrogen-bond donors (Lipinski definition) is 5. The molecule has 266 valence electrons. The maximum absolute atomic E-state index is 13.2. The Hall–Kier alpha value is -2.94. The SMILES string of the molecule is O=C(CCCCCCS(=O)(=O)c1ccc(Cl)c(COC2(c3cnccc3-c3ccccc3OC3CC3)CC2)c1)[C@@H](O)[C@@H](O)[C@H](O)[C@@H](O)CO. The lowest BCUT2D eigenvalue weighted by Crippen LogP contribution is -2.48. The molecule has 1 heterocycles. The number of halogens is 1. The van der Waals surface area contributed by atoms with Crippen LogP contribution >= 0.6 is 11.6 Å². The number of Topliss-reactive ketones (excluding diaryl/α,β-unsaturated/α-hetero) is 1. The van der Waals surface area contributed by atoms with Crippen molar-refractivity contribution in [1.29, 1.82) is 0 Å². The molecule has 2 aliphatic carbocycles. The van der Waals surface area contributed by atoms with Crippen molar-refractivity contribution in [2.75, 3.05) is 12.4 Å². The topological polar surface area (TPSA) is 184 Å². The van der Waals surface area contributed by atoms with Gasteiger partial charge in [0.15, 0.2) is 15.6 Å². The number of ether oxygens (including phenoxy) is 2. The van der Waals surface area contributed by atoms with E-state index < -0.39 is 52.2 Å². The van der Waals surface area contributed by atoms with Gasteiger partial charge >= 0.3 is 0 Å². The van der Waals surface area contributed by atoms with E-state index in [1.165, 1.54) is 6.07 Å². The van der Waals surface area contributed by atoms with Crippen LogP contribution in [0.2, 0.25) is 5.02 Å². The molecule has 5 N–H and O–H groups in total. The van der Waals surface area contributed by atoms with E-state index in [2.05, 4.69) is 4.98 Å². The van der Waals surface area contributed by atoms with E-state index in [0.29, 0.717) is 36.3 Å². The van der Waals surface area contributed by atoms with Gasteiger partial charge in [-0.1, -0.05) is 42.6 Å². The molecule has 2 aromatic carbocycles. The summed E-state index contributed by atoms with van der Waals surface area (Å²) in [5.41, 5.74) is 2.90. The molecular formula is C36H44ClNO10S. The Morgan fingerprint density at radius 3 is 2.41 bits per heavy atom. The molecule has 0 bridgehead atoms. The first-order chi connectivity index (χ1) is 23.5. The fourth-order valence-corrected chi connectivity index (χ4v) is 7.34. The highest BCUT2D eigenvalue weighted by molar-refractivity contribution is 7.91. The van der Waals surface area contributed by atoms with Gasteiger partial charge in [0.2, 0.25) is 0 Å². The summed E-state index contributed by atoms with van der Waals surface area (Å²) in [6.07, 6.45) is 1.66. The van der Waals surface area contributed by atoms with Gasteiger partial charge in [0, 0.05) is 35.0 Å². The minimum absolute atomic E-state index is 0.101. The summed E-state index contributed by atoms with van der Waals surface area (Å²) in [7, 11) is -3.64. The Kier molecular flexibility index (Phi) is 12.5. The number of aliphatic hydroxyl groups is 5. The molecule has 0 aliphatic heterocycles. The average molecular weight is 718 g/mol. The van der Waals surface area contributed by atoms with E-state index in [1.807, 2.05) is 36.5 Å². The van der Waals surface area contributed by atoms with Crippen molar-refractivity contribution in [3.05, 3.63) is 77.1 Å². The highest BCUT2D eigenvalue weighted by atomic mass is 35.5. The maximum Gasteiger partial charge on any atom is 0.178 e. The predicted octanol–water partition coefficient (Wildman–Crippen LogP) is 3.88. The molecule has 4 atom stereocenters. The zero-order chi connectivity index (χ0) is 35.2. The number of rotatable bonds is 20. The van der Waals surface area contributed by atoms with Crippen molar-refractivity contribution >= 4 is 27.2 Å². The molecule has 11 nitrogen and oxygen atoms in total. The highest BCUT2D eigenvalue weighted by Gasteiger charge is 2.48. The zero-order valence-electron chi connectivity index (χ0n) is 27.2. The molecule has 2 fully saturated rings. The number of para-hydroxylation sites is 1.